The molecular weight excluding hydrogens is 300 g/mol. The molecule has 2 aromatic rings. The summed E-state index contributed by atoms with van der Waals surface area (Å²) in [7, 11) is 2.06. The molecule has 0 saturated heterocycles. The van der Waals surface area contributed by atoms with Gasteiger partial charge in [-0.15, -0.1) is 0 Å². The molecule has 0 aliphatic rings. The standard InChI is InChI=1S/C16H21BrN2/c1-10-7-8-12(16(3,4)5)9-13(10)14-15(17)18-11(2)19(14)6/h7-9H,1-6H3. The number of rotatable bonds is 1. The number of benzene rings is 1. The molecule has 0 amide bonds. The minimum Gasteiger partial charge on any atom is -0.330 e. The van der Waals surface area contributed by atoms with Crippen LogP contribution in [0.25, 0.3) is 11.3 Å². The lowest BCUT2D eigenvalue weighted by atomic mass is 9.85. The average Bonchev–Trinajstić information content (AvgIpc) is 2.53. The van der Waals surface area contributed by atoms with Gasteiger partial charge in [0, 0.05) is 12.6 Å². The Morgan fingerprint density at radius 1 is 1.16 bits per heavy atom. The molecule has 102 valence electrons. The first-order valence-corrected chi connectivity index (χ1v) is 7.31. The van der Waals surface area contributed by atoms with Gasteiger partial charge >= 0.3 is 0 Å². The number of hydrogen-bond donors (Lipinski definition) is 0. The predicted molar refractivity (Wildman–Crippen MR) is 84.5 cm³/mol. The van der Waals surface area contributed by atoms with Crippen molar-refractivity contribution in [1.82, 2.24) is 9.55 Å². The van der Waals surface area contributed by atoms with Crippen LogP contribution in [0.1, 0.15) is 37.7 Å². The summed E-state index contributed by atoms with van der Waals surface area (Å²) in [5.74, 6) is 1.02. The van der Waals surface area contributed by atoms with E-state index in [4.69, 9.17) is 0 Å². The molecule has 0 N–H and O–H groups in total. The fourth-order valence-electron chi connectivity index (χ4n) is 2.21. The van der Waals surface area contributed by atoms with Gasteiger partial charge in [-0.1, -0.05) is 32.9 Å². The summed E-state index contributed by atoms with van der Waals surface area (Å²) in [6, 6.07) is 6.71. The SMILES string of the molecule is Cc1ccc(C(C)(C)C)cc1-c1c(Br)nc(C)n1C. The highest BCUT2D eigenvalue weighted by Crippen LogP contribution is 2.34. The van der Waals surface area contributed by atoms with Crippen molar-refractivity contribution in [2.75, 3.05) is 0 Å². The Morgan fingerprint density at radius 2 is 1.79 bits per heavy atom. The molecule has 0 saturated carbocycles. The minimum atomic E-state index is 0.155. The van der Waals surface area contributed by atoms with Crippen LogP contribution in [0.5, 0.6) is 0 Å². The van der Waals surface area contributed by atoms with Crippen molar-refractivity contribution in [3.63, 3.8) is 0 Å². The van der Waals surface area contributed by atoms with Crippen LogP contribution in [-0.2, 0) is 12.5 Å². The summed E-state index contributed by atoms with van der Waals surface area (Å²) >= 11 is 3.58. The molecule has 2 nitrogen and oxygen atoms in total. The van der Waals surface area contributed by atoms with Crippen LogP contribution >= 0.6 is 15.9 Å². The molecule has 0 fully saturated rings. The van der Waals surface area contributed by atoms with E-state index in [1.807, 2.05) is 6.92 Å². The number of aryl methyl sites for hydroxylation is 2. The monoisotopic (exact) mass is 320 g/mol. The number of aromatic nitrogens is 2. The van der Waals surface area contributed by atoms with E-state index >= 15 is 0 Å². The van der Waals surface area contributed by atoms with Crippen LogP contribution in [0.15, 0.2) is 22.8 Å². The van der Waals surface area contributed by atoms with Crippen molar-refractivity contribution in [3.05, 3.63) is 39.8 Å². The van der Waals surface area contributed by atoms with E-state index in [0.29, 0.717) is 0 Å². The first-order chi connectivity index (χ1) is 8.71. The number of halogens is 1. The second-order valence-corrected chi connectivity index (χ2v) is 6.89. The second-order valence-electron chi connectivity index (χ2n) is 6.14. The zero-order valence-corrected chi connectivity index (χ0v) is 14.1. The first kappa shape index (κ1) is 14.3. The summed E-state index contributed by atoms with van der Waals surface area (Å²) in [5.41, 5.74) is 5.18. The maximum atomic E-state index is 4.50. The quantitative estimate of drug-likeness (QED) is 0.740. The van der Waals surface area contributed by atoms with Crippen molar-refractivity contribution < 1.29 is 0 Å². The van der Waals surface area contributed by atoms with Crippen LogP contribution in [-0.4, -0.2) is 9.55 Å². The smallest absolute Gasteiger partial charge is 0.132 e. The Kier molecular flexibility index (Phi) is 3.61. The van der Waals surface area contributed by atoms with Crippen molar-refractivity contribution in [3.8, 4) is 11.3 Å². The fourth-order valence-corrected chi connectivity index (χ4v) is 2.94. The third-order valence-electron chi connectivity index (χ3n) is 3.63. The van der Waals surface area contributed by atoms with Crippen molar-refractivity contribution in [2.45, 2.75) is 40.0 Å². The Morgan fingerprint density at radius 3 is 2.26 bits per heavy atom. The van der Waals surface area contributed by atoms with Crippen LogP contribution in [0.3, 0.4) is 0 Å². The average molecular weight is 321 g/mol. The van der Waals surface area contributed by atoms with E-state index in [1.165, 1.54) is 16.7 Å². The largest absolute Gasteiger partial charge is 0.330 e. The van der Waals surface area contributed by atoms with Crippen LogP contribution in [0.4, 0.5) is 0 Å². The van der Waals surface area contributed by atoms with E-state index in [1.54, 1.807) is 0 Å². The van der Waals surface area contributed by atoms with E-state index in [-0.39, 0.29) is 5.41 Å². The molecular formula is C16H21BrN2. The van der Waals surface area contributed by atoms with Crippen molar-refractivity contribution in [2.24, 2.45) is 7.05 Å². The topological polar surface area (TPSA) is 17.8 Å². The second kappa shape index (κ2) is 4.78. The molecule has 1 aromatic carbocycles. The zero-order chi connectivity index (χ0) is 14.4. The van der Waals surface area contributed by atoms with Gasteiger partial charge in [0.1, 0.15) is 10.4 Å². The molecule has 0 aliphatic heterocycles. The molecule has 0 aliphatic carbocycles. The first-order valence-electron chi connectivity index (χ1n) is 6.52. The van der Waals surface area contributed by atoms with Gasteiger partial charge in [-0.2, -0.15) is 0 Å². The van der Waals surface area contributed by atoms with E-state index < -0.39 is 0 Å². The molecule has 0 unspecified atom stereocenters. The number of hydrogen-bond acceptors (Lipinski definition) is 1. The molecule has 0 atom stereocenters. The van der Waals surface area contributed by atoms with Gasteiger partial charge in [-0.25, -0.2) is 4.98 Å². The maximum absolute atomic E-state index is 4.50. The summed E-state index contributed by atoms with van der Waals surface area (Å²) < 4.78 is 3.06. The number of imidazole rings is 1. The molecule has 1 heterocycles. The van der Waals surface area contributed by atoms with E-state index in [0.717, 1.165) is 16.1 Å². The van der Waals surface area contributed by atoms with Gasteiger partial charge in [-0.05, 0) is 52.4 Å². The lowest BCUT2D eigenvalue weighted by Crippen LogP contribution is -2.11. The third kappa shape index (κ3) is 2.62. The molecule has 1 aromatic heterocycles. The highest BCUT2D eigenvalue weighted by molar-refractivity contribution is 9.10. The fraction of sp³-hybridized carbons (Fsp3) is 0.438. The van der Waals surface area contributed by atoms with Gasteiger partial charge in [-0.3, -0.25) is 0 Å². The lowest BCUT2D eigenvalue weighted by Gasteiger charge is -2.21. The summed E-state index contributed by atoms with van der Waals surface area (Å²) in [6.45, 7) is 10.9. The van der Waals surface area contributed by atoms with Gasteiger partial charge in [0.05, 0.1) is 5.69 Å². The lowest BCUT2D eigenvalue weighted by molar-refractivity contribution is 0.590. The molecule has 0 spiro atoms. The third-order valence-corrected chi connectivity index (χ3v) is 4.19. The van der Waals surface area contributed by atoms with Crippen LogP contribution in [0, 0.1) is 13.8 Å². The molecule has 0 radical (unpaired) electrons. The summed E-state index contributed by atoms with van der Waals surface area (Å²) in [4.78, 5) is 4.50. The molecule has 3 heteroatoms. The van der Waals surface area contributed by atoms with Crippen molar-refractivity contribution in [1.29, 1.82) is 0 Å². The molecule has 2 rings (SSSR count). The van der Waals surface area contributed by atoms with Gasteiger partial charge in [0.15, 0.2) is 0 Å². The molecule has 19 heavy (non-hydrogen) atoms. The summed E-state index contributed by atoms with van der Waals surface area (Å²) in [5, 5.41) is 0. The number of nitrogens with zero attached hydrogens (tertiary/aromatic N) is 2. The van der Waals surface area contributed by atoms with Crippen LogP contribution in [0.2, 0.25) is 0 Å². The predicted octanol–water partition coefficient (Wildman–Crippen LogP) is 4.76. The Bertz CT molecular complexity index is 618. The van der Waals surface area contributed by atoms with E-state index in [2.05, 4.69) is 78.4 Å². The minimum absolute atomic E-state index is 0.155. The van der Waals surface area contributed by atoms with Gasteiger partial charge in [0.25, 0.3) is 0 Å². The Balaban J connectivity index is 2.68. The normalized spacial score (nSPS) is 11.9. The van der Waals surface area contributed by atoms with Crippen LogP contribution < -0.4 is 0 Å². The van der Waals surface area contributed by atoms with Gasteiger partial charge in [0.2, 0.25) is 0 Å². The highest BCUT2D eigenvalue weighted by atomic mass is 79.9. The maximum Gasteiger partial charge on any atom is 0.132 e. The Labute approximate surface area is 124 Å². The van der Waals surface area contributed by atoms with Crippen molar-refractivity contribution >= 4 is 15.9 Å². The highest BCUT2D eigenvalue weighted by Gasteiger charge is 2.18. The Hall–Kier alpha value is -1.09. The summed E-state index contributed by atoms with van der Waals surface area (Å²) in [6.07, 6.45) is 0. The van der Waals surface area contributed by atoms with Gasteiger partial charge < -0.3 is 4.57 Å². The van der Waals surface area contributed by atoms with E-state index in [9.17, 15) is 0 Å². The zero-order valence-electron chi connectivity index (χ0n) is 12.5. The molecule has 0 bridgehead atoms.